The van der Waals surface area contributed by atoms with Gasteiger partial charge >= 0.3 is 6.18 Å². The minimum Gasteiger partial charge on any atom is -0.364 e. The molecule has 7 nitrogen and oxygen atoms in total. The van der Waals surface area contributed by atoms with Crippen LogP contribution in [0.2, 0.25) is 0 Å². The Balaban J connectivity index is 1.72. The molecule has 0 aromatic carbocycles. The van der Waals surface area contributed by atoms with Crippen LogP contribution in [0.5, 0.6) is 0 Å². The number of carbonyl (C=O) groups excluding carboxylic acids is 2. The topological polar surface area (TPSA) is 103 Å². The lowest BCUT2D eigenvalue weighted by atomic mass is 10.1. The van der Waals surface area contributed by atoms with Crippen molar-refractivity contribution in [3.05, 3.63) is 41.0 Å². The zero-order valence-electron chi connectivity index (χ0n) is 16.8. The number of nitrogens with zero attached hydrogens (tertiary/aromatic N) is 3. The largest absolute Gasteiger partial charge is 0.420 e. The van der Waals surface area contributed by atoms with Gasteiger partial charge in [-0.3, -0.25) is 19.3 Å². The summed E-state index contributed by atoms with van der Waals surface area (Å²) in [5.41, 5.74) is 2.87. The molecule has 0 bridgehead atoms. The van der Waals surface area contributed by atoms with Crippen LogP contribution in [-0.2, 0) is 12.7 Å². The maximum atomic E-state index is 14.0. The molecule has 2 aliphatic rings. The van der Waals surface area contributed by atoms with Crippen molar-refractivity contribution >= 4 is 17.5 Å². The Kier molecular flexibility index (Phi) is 5.41. The minimum atomic E-state index is -4.86. The number of alkyl halides is 5. The van der Waals surface area contributed by atoms with Crippen LogP contribution in [0.15, 0.2) is 18.3 Å². The summed E-state index contributed by atoms with van der Waals surface area (Å²) in [6.07, 6.45) is -3.37. The number of nitrogens with two attached hydrogens (primary N) is 1. The molecule has 1 atom stereocenters. The third-order valence-corrected chi connectivity index (χ3v) is 5.65. The molecular weight excluding hydrogens is 437 g/mol. The summed E-state index contributed by atoms with van der Waals surface area (Å²) in [4.78, 5) is 28.0. The highest BCUT2D eigenvalue weighted by atomic mass is 19.4. The Bertz CT molecular complexity index is 1060. The first kappa shape index (κ1) is 22.2. The van der Waals surface area contributed by atoms with Gasteiger partial charge in [0.15, 0.2) is 0 Å². The first-order chi connectivity index (χ1) is 14.9. The molecule has 2 aliphatic carbocycles. The van der Waals surface area contributed by atoms with Gasteiger partial charge in [-0.1, -0.05) is 0 Å². The first-order valence-corrected chi connectivity index (χ1v) is 10.1. The van der Waals surface area contributed by atoms with Gasteiger partial charge in [0.2, 0.25) is 5.92 Å². The van der Waals surface area contributed by atoms with Crippen LogP contribution in [0.1, 0.15) is 70.3 Å². The average molecular weight is 457 g/mol. The molecule has 2 amide bonds. The van der Waals surface area contributed by atoms with Crippen molar-refractivity contribution in [1.82, 2.24) is 14.8 Å². The van der Waals surface area contributed by atoms with E-state index >= 15 is 0 Å². The maximum Gasteiger partial charge on any atom is 0.420 e. The second kappa shape index (κ2) is 7.82. The summed E-state index contributed by atoms with van der Waals surface area (Å²) in [5.74, 6) is -5.89. The minimum absolute atomic E-state index is 0.0139. The number of aromatic nitrogens is 3. The molecular formula is C20H20F5N5O2. The highest BCUT2D eigenvalue weighted by molar-refractivity contribution is 6.05. The zero-order valence-corrected chi connectivity index (χ0v) is 16.8. The number of hydrogen-bond donors (Lipinski definition) is 2. The fourth-order valence-corrected chi connectivity index (χ4v) is 4.04. The third-order valence-electron chi connectivity index (χ3n) is 5.65. The molecule has 2 fully saturated rings. The summed E-state index contributed by atoms with van der Waals surface area (Å²) in [5, 5.41) is 6.39. The van der Waals surface area contributed by atoms with Crippen molar-refractivity contribution in [1.29, 1.82) is 0 Å². The second-order valence-electron chi connectivity index (χ2n) is 8.28. The van der Waals surface area contributed by atoms with Gasteiger partial charge in [-0.2, -0.15) is 18.3 Å². The maximum absolute atomic E-state index is 14.0. The molecule has 0 aliphatic heterocycles. The second-order valence-corrected chi connectivity index (χ2v) is 8.28. The van der Waals surface area contributed by atoms with Crippen LogP contribution in [0.25, 0.3) is 0 Å². The fraction of sp³-hybridized carbons (Fsp3) is 0.500. The van der Waals surface area contributed by atoms with Gasteiger partial charge in [0, 0.05) is 37.2 Å². The van der Waals surface area contributed by atoms with Crippen LogP contribution >= 0.6 is 0 Å². The molecule has 172 valence electrons. The summed E-state index contributed by atoms with van der Waals surface area (Å²) in [6, 6.07) is 2.42. The fourth-order valence-electron chi connectivity index (χ4n) is 4.04. The number of primary amides is 1. The van der Waals surface area contributed by atoms with E-state index in [1.165, 1.54) is 12.3 Å². The van der Waals surface area contributed by atoms with Crippen molar-refractivity contribution in [2.75, 3.05) is 5.32 Å². The van der Waals surface area contributed by atoms with Gasteiger partial charge in [-0.25, -0.2) is 8.78 Å². The van der Waals surface area contributed by atoms with Crippen molar-refractivity contribution < 1.29 is 31.5 Å². The van der Waals surface area contributed by atoms with Gasteiger partial charge in [0.25, 0.3) is 11.8 Å². The van der Waals surface area contributed by atoms with E-state index in [1.807, 2.05) is 0 Å². The molecule has 4 rings (SSSR count). The SMILES string of the molecule is NC(=O)c1cc(NC(=O)c2c(C(F)(F)F)c(C3CC3)nn2C[C@@H]2CCC(F)(F)C2)ccn1. The standard InChI is InChI=1S/C20H20F5N5O2/c21-19(22)5-3-10(8-19)9-30-16(14(20(23,24)25)15(29-30)11-1-2-11)18(32)28-12-4-6-27-13(7-12)17(26)31/h4,6-7,10-11H,1-3,5,8-9H2,(H2,26,31)(H,27,28,32)/t10-/m1/s1. The predicted molar refractivity (Wildman–Crippen MR) is 102 cm³/mol. The summed E-state index contributed by atoms with van der Waals surface area (Å²) >= 11 is 0. The molecule has 0 spiro atoms. The molecule has 32 heavy (non-hydrogen) atoms. The number of carbonyl (C=O) groups is 2. The van der Waals surface area contributed by atoms with E-state index in [9.17, 15) is 31.5 Å². The Labute approximate surface area is 179 Å². The number of pyridine rings is 1. The molecule has 0 unspecified atom stereocenters. The average Bonchev–Trinajstić information content (AvgIpc) is 3.37. The lowest BCUT2D eigenvalue weighted by molar-refractivity contribution is -0.138. The van der Waals surface area contributed by atoms with Crippen LogP contribution < -0.4 is 11.1 Å². The van der Waals surface area contributed by atoms with Crippen molar-refractivity contribution in [2.24, 2.45) is 11.7 Å². The van der Waals surface area contributed by atoms with E-state index in [4.69, 9.17) is 5.73 Å². The summed E-state index contributed by atoms with van der Waals surface area (Å²) in [6.45, 7) is -0.225. The Morgan fingerprint density at radius 2 is 1.97 bits per heavy atom. The van der Waals surface area contributed by atoms with Gasteiger partial charge in [0.1, 0.15) is 17.0 Å². The van der Waals surface area contributed by atoms with Crippen LogP contribution in [0, 0.1) is 5.92 Å². The summed E-state index contributed by atoms with van der Waals surface area (Å²) in [7, 11) is 0. The number of amides is 2. The number of halogens is 5. The monoisotopic (exact) mass is 457 g/mol. The van der Waals surface area contributed by atoms with E-state index in [2.05, 4.69) is 15.4 Å². The van der Waals surface area contributed by atoms with E-state index in [0.29, 0.717) is 12.8 Å². The quantitative estimate of drug-likeness (QED) is 0.641. The Morgan fingerprint density at radius 3 is 2.53 bits per heavy atom. The number of hydrogen-bond acceptors (Lipinski definition) is 4. The molecule has 12 heteroatoms. The lowest BCUT2D eigenvalue weighted by Crippen LogP contribution is -2.24. The van der Waals surface area contributed by atoms with Crippen LogP contribution in [0.4, 0.5) is 27.6 Å². The third kappa shape index (κ3) is 4.58. The number of rotatable bonds is 6. The number of anilines is 1. The van der Waals surface area contributed by atoms with E-state index in [1.54, 1.807) is 0 Å². The molecule has 0 radical (unpaired) electrons. The Hall–Kier alpha value is -3.05. The van der Waals surface area contributed by atoms with Crippen molar-refractivity contribution in [3.63, 3.8) is 0 Å². The van der Waals surface area contributed by atoms with E-state index in [0.717, 1.165) is 10.7 Å². The smallest absolute Gasteiger partial charge is 0.364 e. The predicted octanol–water partition coefficient (Wildman–Crippen LogP) is 3.96. The van der Waals surface area contributed by atoms with Gasteiger partial charge in [0.05, 0.1) is 5.69 Å². The van der Waals surface area contributed by atoms with Gasteiger partial charge < -0.3 is 11.1 Å². The van der Waals surface area contributed by atoms with Gasteiger partial charge in [-0.05, 0) is 37.3 Å². The number of nitrogens with one attached hydrogen (secondary N) is 1. The van der Waals surface area contributed by atoms with E-state index < -0.39 is 53.4 Å². The van der Waals surface area contributed by atoms with Crippen molar-refractivity contribution in [2.45, 2.75) is 56.7 Å². The lowest BCUT2D eigenvalue weighted by Gasteiger charge is -2.15. The van der Waals surface area contributed by atoms with Gasteiger partial charge in [-0.15, -0.1) is 0 Å². The molecule has 2 aromatic rings. The highest BCUT2D eigenvalue weighted by Crippen LogP contribution is 2.47. The molecule has 2 aromatic heterocycles. The zero-order chi connectivity index (χ0) is 23.3. The normalized spacial score (nSPS) is 20.3. The molecule has 2 heterocycles. The van der Waals surface area contributed by atoms with Crippen molar-refractivity contribution in [3.8, 4) is 0 Å². The van der Waals surface area contributed by atoms with E-state index in [-0.39, 0.29) is 36.5 Å². The first-order valence-electron chi connectivity index (χ1n) is 10.1. The molecule has 2 saturated carbocycles. The highest BCUT2D eigenvalue weighted by Gasteiger charge is 2.47. The molecule has 3 N–H and O–H groups in total. The van der Waals surface area contributed by atoms with Crippen LogP contribution in [0.3, 0.4) is 0 Å². The molecule has 0 saturated heterocycles. The Morgan fingerprint density at radius 1 is 1.25 bits per heavy atom. The van der Waals surface area contributed by atoms with Crippen LogP contribution in [-0.4, -0.2) is 32.5 Å². The summed E-state index contributed by atoms with van der Waals surface area (Å²) < 4.78 is 70.1.